The molecule has 3 aromatic heterocycles. The maximum atomic E-state index is 13.2. The van der Waals surface area contributed by atoms with E-state index in [1.165, 1.54) is 28.6 Å². The SMILES string of the molecule is C=C(C)CNc1ncnc2sc3c(=O)n(-c4ccc5c(c4)OCCO5)cnc3c12. The van der Waals surface area contributed by atoms with Crippen molar-refractivity contribution < 1.29 is 9.47 Å². The van der Waals surface area contributed by atoms with Crippen LogP contribution in [0.3, 0.4) is 0 Å². The quantitative estimate of drug-likeness (QED) is 0.520. The monoisotopic (exact) mass is 407 g/mol. The Hall–Kier alpha value is -3.46. The van der Waals surface area contributed by atoms with E-state index < -0.39 is 0 Å². The molecule has 4 aromatic rings. The van der Waals surface area contributed by atoms with Gasteiger partial charge in [-0.2, -0.15) is 0 Å². The van der Waals surface area contributed by atoms with E-state index >= 15 is 0 Å². The summed E-state index contributed by atoms with van der Waals surface area (Å²) in [7, 11) is 0. The van der Waals surface area contributed by atoms with Crippen LogP contribution in [-0.2, 0) is 0 Å². The number of nitrogens with one attached hydrogen (secondary N) is 1. The van der Waals surface area contributed by atoms with E-state index in [-0.39, 0.29) is 5.56 Å². The summed E-state index contributed by atoms with van der Waals surface area (Å²) in [5.41, 5.74) is 2.07. The summed E-state index contributed by atoms with van der Waals surface area (Å²) in [6.07, 6.45) is 3.01. The van der Waals surface area contributed by atoms with E-state index in [0.29, 0.717) is 57.8 Å². The number of fused-ring (bicyclic) bond motifs is 4. The smallest absolute Gasteiger partial charge is 0.275 e. The van der Waals surface area contributed by atoms with E-state index in [4.69, 9.17) is 9.47 Å². The number of hydrogen-bond acceptors (Lipinski definition) is 8. The van der Waals surface area contributed by atoms with Gasteiger partial charge in [0.25, 0.3) is 5.56 Å². The number of anilines is 1. The first kappa shape index (κ1) is 17.6. The standard InChI is InChI=1S/C20H17N5O3S/c1-11(2)8-21-18-15-16-17(29-19(15)23-9-22-18)20(26)25(10-24-16)12-3-4-13-14(7-12)28-6-5-27-13/h3-4,7,9-10H,1,5-6,8H2,2H3,(H,21,22,23). The molecule has 0 saturated carbocycles. The Morgan fingerprint density at radius 2 is 2.07 bits per heavy atom. The summed E-state index contributed by atoms with van der Waals surface area (Å²) in [4.78, 5) is 27.2. The highest BCUT2D eigenvalue weighted by Crippen LogP contribution is 2.34. The Morgan fingerprint density at radius 1 is 1.24 bits per heavy atom. The first-order chi connectivity index (χ1) is 14.1. The zero-order chi connectivity index (χ0) is 20.0. The van der Waals surface area contributed by atoms with E-state index in [0.717, 1.165) is 11.0 Å². The van der Waals surface area contributed by atoms with Gasteiger partial charge in [-0.1, -0.05) is 12.2 Å². The molecule has 0 unspecified atom stereocenters. The molecule has 0 atom stereocenters. The predicted octanol–water partition coefficient (Wildman–Crippen LogP) is 3.15. The molecule has 8 nitrogen and oxygen atoms in total. The van der Waals surface area contributed by atoms with Crippen molar-refractivity contribution in [3.8, 4) is 17.2 Å². The van der Waals surface area contributed by atoms with E-state index in [1.807, 2.05) is 13.0 Å². The van der Waals surface area contributed by atoms with Crippen molar-refractivity contribution in [3.63, 3.8) is 0 Å². The Morgan fingerprint density at radius 3 is 2.90 bits per heavy atom. The van der Waals surface area contributed by atoms with E-state index in [9.17, 15) is 4.79 Å². The molecule has 0 spiro atoms. The largest absolute Gasteiger partial charge is 0.486 e. The van der Waals surface area contributed by atoms with Crippen molar-refractivity contribution in [2.24, 2.45) is 0 Å². The van der Waals surface area contributed by atoms with Crippen LogP contribution >= 0.6 is 11.3 Å². The van der Waals surface area contributed by atoms with Gasteiger partial charge in [0, 0.05) is 12.6 Å². The van der Waals surface area contributed by atoms with Crippen LogP contribution in [0.5, 0.6) is 11.5 Å². The zero-order valence-electron chi connectivity index (χ0n) is 15.6. The van der Waals surface area contributed by atoms with Crippen molar-refractivity contribution in [2.45, 2.75) is 6.92 Å². The number of thiophene rings is 1. The Labute approximate surface area is 169 Å². The van der Waals surface area contributed by atoms with Gasteiger partial charge < -0.3 is 14.8 Å². The molecule has 4 heterocycles. The summed E-state index contributed by atoms with van der Waals surface area (Å²) < 4.78 is 13.2. The molecule has 0 radical (unpaired) electrons. The van der Waals surface area contributed by atoms with Gasteiger partial charge in [-0.05, 0) is 19.1 Å². The van der Waals surface area contributed by atoms with Crippen LogP contribution in [0.15, 0.2) is 47.8 Å². The summed E-state index contributed by atoms with van der Waals surface area (Å²) in [6.45, 7) is 7.41. The second-order valence-electron chi connectivity index (χ2n) is 6.74. The third-order valence-electron chi connectivity index (χ3n) is 4.54. The number of ether oxygens (including phenoxy) is 2. The van der Waals surface area contributed by atoms with Crippen LogP contribution in [0.2, 0.25) is 0 Å². The lowest BCUT2D eigenvalue weighted by atomic mass is 10.2. The van der Waals surface area contributed by atoms with E-state index in [2.05, 4.69) is 26.8 Å². The molecule has 0 amide bonds. The normalized spacial score (nSPS) is 13.0. The molecule has 0 saturated heterocycles. The van der Waals surface area contributed by atoms with Gasteiger partial charge in [-0.15, -0.1) is 11.3 Å². The Bertz CT molecular complexity index is 1330. The molecule has 1 N–H and O–H groups in total. The van der Waals surface area contributed by atoms with Gasteiger partial charge in [0.1, 0.15) is 46.7 Å². The molecular formula is C20H17N5O3S. The topological polar surface area (TPSA) is 91.2 Å². The fraction of sp³-hybridized carbons (Fsp3) is 0.200. The highest BCUT2D eigenvalue weighted by atomic mass is 32.1. The van der Waals surface area contributed by atoms with Crippen molar-refractivity contribution in [1.29, 1.82) is 0 Å². The fourth-order valence-corrected chi connectivity index (χ4v) is 4.22. The zero-order valence-corrected chi connectivity index (χ0v) is 16.5. The number of benzene rings is 1. The first-order valence-electron chi connectivity index (χ1n) is 9.05. The maximum absolute atomic E-state index is 13.2. The highest BCUT2D eigenvalue weighted by molar-refractivity contribution is 7.25. The van der Waals surface area contributed by atoms with Crippen LogP contribution in [0.1, 0.15) is 6.92 Å². The molecule has 9 heteroatoms. The van der Waals surface area contributed by atoms with Gasteiger partial charge in [0.2, 0.25) is 0 Å². The van der Waals surface area contributed by atoms with Gasteiger partial charge in [0.05, 0.1) is 11.1 Å². The van der Waals surface area contributed by atoms with Crippen molar-refractivity contribution >= 4 is 37.6 Å². The van der Waals surface area contributed by atoms with Crippen molar-refractivity contribution in [2.75, 3.05) is 25.1 Å². The number of rotatable bonds is 4. The molecule has 29 heavy (non-hydrogen) atoms. The van der Waals surface area contributed by atoms with Crippen LogP contribution in [0, 0.1) is 0 Å². The summed E-state index contributed by atoms with van der Waals surface area (Å²) in [5.74, 6) is 1.94. The lowest BCUT2D eigenvalue weighted by Crippen LogP contribution is -2.19. The molecule has 1 aliphatic rings. The summed E-state index contributed by atoms with van der Waals surface area (Å²) >= 11 is 1.31. The summed E-state index contributed by atoms with van der Waals surface area (Å²) in [5, 5.41) is 3.99. The number of nitrogens with zero attached hydrogens (tertiary/aromatic N) is 4. The van der Waals surface area contributed by atoms with Crippen LogP contribution in [0.25, 0.3) is 26.1 Å². The number of hydrogen-bond donors (Lipinski definition) is 1. The van der Waals surface area contributed by atoms with Gasteiger partial charge in [-0.25, -0.2) is 15.0 Å². The molecule has 0 fully saturated rings. The molecular weight excluding hydrogens is 390 g/mol. The molecule has 1 aliphatic heterocycles. The predicted molar refractivity (Wildman–Crippen MR) is 113 cm³/mol. The molecule has 5 rings (SSSR count). The Balaban J connectivity index is 1.66. The minimum Gasteiger partial charge on any atom is -0.486 e. The second kappa shape index (κ2) is 6.85. The first-order valence-corrected chi connectivity index (χ1v) is 9.86. The molecule has 1 aromatic carbocycles. The van der Waals surface area contributed by atoms with Crippen LogP contribution in [-0.4, -0.2) is 39.3 Å². The second-order valence-corrected chi connectivity index (χ2v) is 7.74. The molecule has 0 aliphatic carbocycles. The van der Waals surface area contributed by atoms with Crippen molar-refractivity contribution in [3.05, 3.63) is 53.4 Å². The average Bonchev–Trinajstić information content (AvgIpc) is 3.12. The van der Waals surface area contributed by atoms with Gasteiger partial charge >= 0.3 is 0 Å². The molecule has 146 valence electrons. The van der Waals surface area contributed by atoms with Crippen molar-refractivity contribution in [1.82, 2.24) is 19.5 Å². The van der Waals surface area contributed by atoms with Crippen LogP contribution in [0.4, 0.5) is 5.82 Å². The maximum Gasteiger partial charge on any atom is 0.275 e. The third kappa shape index (κ3) is 2.99. The van der Waals surface area contributed by atoms with Gasteiger partial charge in [0.15, 0.2) is 11.5 Å². The van der Waals surface area contributed by atoms with Crippen LogP contribution < -0.4 is 20.3 Å². The lowest BCUT2D eigenvalue weighted by Gasteiger charge is -2.19. The molecule has 0 bridgehead atoms. The van der Waals surface area contributed by atoms with Gasteiger partial charge in [-0.3, -0.25) is 9.36 Å². The third-order valence-corrected chi connectivity index (χ3v) is 5.61. The Kier molecular flexibility index (Phi) is 4.17. The fourth-order valence-electron chi connectivity index (χ4n) is 3.20. The average molecular weight is 407 g/mol. The minimum atomic E-state index is -0.166. The number of aromatic nitrogens is 4. The highest BCUT2D eigenvalue weighted by Gasteiger charge is 2.18. The lowest BCUT2D eigenvalue weighted by molar-refractivity contribution is 0.171. The summed E-state index contributed by atoms with van der Waals surface area (Å²) in [6, 6.07) is 5.41. The van der Waals surface area contributed by atoms with E-state index in [1.54, 1.807) is 12.1 Å². The minimum absolute atomic E-state index is 0.166.